The van der Waals surface area contributed by atoms with Gasteiger partial charge in [-0.15, -0.1) is 0 Å². The molecule has 0 fully saturated rings. The van der Waals surface area contributed by atoms with Crippen molar-refractivity contribution in [2.45, 2.75) is 11.6 Å². The normalized spacial score (nSPS) is 13.4. The molecule has 7 heteroatoms. The molecule has 0 aliphatic rings. The number of nitrogens with two attached hydrogens (primary N) is 1. The van der Waals surface area contributed by atoms with Crippen LogP contribution in [0, 0.1) is 0 Å². The Bertz CT molecular complexity index is 541. The maximum Gasteiger partial charge on any atom is 0.250 e. The van der Waals surface area contributed by atoms with E-state index in [4.69, 9.17) is 5.73 Å². The standard InChI is InChI=1S/C9H9F2N3OS/c10-8(11)4-16(15)9-13-6-2-1-5(12)3-7(6)14-9/h1-3,8H,4,12H2,(H,13,14). The molecule has 0 aliphatic heterocycles. The number of aromatic nitrogens is 2. The predicted molar refractivity (Wildman–Crippen MR) is 57.8 cm³/mol. The molecule has 4 nitrogen and oxygen atoms in total. The molecule has 1 atom stereocenters. The predicted octanol–water partition coefficient (Wildman–Crippen LogP) is 1.52. The number of nitrogens with one attached hydrogen (secondary N) is 1. The Morgan fingerprint density at radius 1 is 1.50 bits per heavy atom. The van der Waals surface area contributed by atoms with E-state index >= 15 is 0 Å². The van der Waals surface area contributed by atoms with Gasteiger partial charge >= 0.3 is 0 Å². The molecule has 0 bridgehead atoms. The van der Waals surface area contributed by atoms with Crippen LogP contribution >= 0.6 is 0 Å². The number of H-pyrrole nitrogens is 1. The molecular formula is C9H9F2N3OS. The van der Waals surface area contributed by atoms with Crippen molar-refractivity contribution in [1.82, 2.24) is 9.97 Å². The monoisotopic (exact) mass is 245 g/mol. The lowest BCUT2D eigenvalue weighted by Crippen LogP contribution is -2.08. The molecule has 16 heavy (non-hydrogen) atoms. The number of hydrogen-bond donors (Lipinski definition) is 2. The van der Waals surface area contributed by atoms with Gasteiger partial charge in [0.2, 0.25) is 0 Å². The second-order valence-electron chi connectivity index (χ2n) is 3.22. The number of fused-ring (bicyclic) bond motifs is 1. The van der Waals surface area contributed by atoms with Crippen LogP contribution in [0.2, 0.25) is 0 Å². The zero-order valence-corrected chi connectivity index (χ0v) is 8.93. The van der Waals surface area contributed by atoms with E-state index in [9.17, 15) is 13.0 Å². The molecule has 2 aromatic rings. The minimum absolute atomic E-state index is 0.0564. The summed E-state index contributed by atoms with van der Waals surface area (Å²) in [6.07, 6.45) is -2.61. The first-order valence-corrected chi connectivity index (χ1v) is 5.80. The van der Waals surface area contributed by atoms with Gasteiger partial charge in [0.15, 0.2) is 5.16 Å². The number of aromatic amines is 1. The Balaban J connectivity index is 2.36. The van der Waals surface area contributed by atoms with Gasteiger partial charge in [0.05, 0.1) is 27.6 Å². The molecular weight excluding hydrogens is 236 g/mol. The van der Waals surface area contributed by atoms with Crippen molar-refractivity contribution in [3.8, 4) is 0 Å². The topological polar surface area (TPSA) is 71.8 Å². The summed E-state index contributed by atoms with van der Waals surface area (Å²) in [5, 5.41) is 0.0564. The number of nitrogen functional groups attached to an aromatic ring is 1. The largest absolute Gasteiger partial charge is 0.399 e. The maximum absolute atomic E-state index is 12.0. The smallest absolute Gasteiger partial charge is 0.250 e. The van der Waals surface area contributed by atoms with Crippen molar-refractivity contribution in [3.05, 3.63) is 18.2 Å². The maximum atomic E-state index is 12.0. The molecule has 0 saturated carbocycles. The highest BCUT2D eigenvalue weighted by Crippen LogP contribution is 2.17. The fourth-order valence-electron chi connectivity index (χ4n) is 1.31. The van der Waals surface area contributed by atoms with E-state index in [0.29, 0.717) is 16.7 Å². The second-order valence-corrected chi connectivity index (χ2v) is 4.63. The number of alkyl halides is 2. The molecule has 2 rings (SSSR count). The number of rotatable bonds is 3. The van der Waals surface area contributed by atoms with E-state index in [1.807, 2.05) is 0 Å². The van der Waals surface area contributed by atoms with Gasteiger partial charge in [-0.3, -0.25) is 4.21 Å². The third kappa shape index (κ3) is 2.19. The van der Waals surface area contributed by atoms with Gasteiger partial charge in [-0.1, -0.05) is 0 Å². The number of imidazole rings is 1. The van der Waals surface area contributed by atoms with Gasteiger partial charge in [0.25, 0.3) is 6.43 Å². The van der Waals surface area contributed by atoms with Crippen molar-refractivity contribution in [1.29, 1.82) is 0 Å². The van der Waals surface area contributed by atoms with Crippen LogP contribution < -0.4 is 5.73 Å². The Morgan fingerprint density at radius 3 is 2.94 bits per heavy atom. The summed E-state index contributed by atoms with van der Waals surface area (Å²) in [7, 11) is -1.81. The molecule has 0 amide bonds. The van der Waals surface area contributed by atoms with Crippen LogP contribution in [0.1, 0.15) is 0 Å². The minimum Gasteiger partial charge on any atom is -0.399 e. The first-order chi connectivity index (χ1) is 7.56. The van der Waals surface area contributed by atoms with Crippen LogP contribution in [0.15, 0.2) is 23.4 Å². The zero-order chi connectivity index (χ0) is 11.7. The van der Waals surface area contributed by atoms with Crippen LogP contribution in [-0.4, -0.2) is 26.4 Å². The lowest BCUT2D eigenvalue weighted by atomic mass is 10.3. The minimum atomic E-state index is -2.61. The van der Waals surface area contributed by atoms with Crippen molar-refractivity contribution in [3.63, 3.8) is 0 Å². The lowest BCUT2D eigenvalue weighted by molar-refractivity contribution is 0.175. The second kappa shape index (κ2) is 4.17. The van der Waals surface area contributed by atoms with E-state index in [2.05, 4.69) is 9.97 Å². The highest BCUT2D eigenvalue weighted by molar-refractivity contribution is 7.84. The first-order valence-electron chi connectivity index (χ1n) is 4.48. The van der Waals surface area contributed by atoms with Gasteiger partial charge in [-0.2, -0.15) is 0 Å². The van der Waals surface area contributed by atoms with E-state index in [1.165, 1.54) is 0 Å². The summed E-state index contributed by atoms with van der Waals surface area (Å²) in [6, 6.07) is 4.90. The first kappa shape index (κ1) is 11.0. The number of nitrogens with zero attached hydrogens (tertiary/aromatic N) is 1. The fourth-order valence-corrected chi connectivity index (χ4v) is 2.12. The fraction of sp³-hybridized carbons (Fsp3) is 0.222. The van der Waals surface area contributed by atoms with Crippen molar-refractivity contribution in [2.75, 3.05) is 11.5 Å². The van der Waals surface area contributed by atoms with E-state index in [0.717, 1.165) is 0 Å². The van der Waals surface area contributed by atoms with Crippen LogP contribution in [0.4, 0.5) is 14.5 Å². The quantitative estimate of drug-likeness (QED) is 0.805. The molecule has 0 saturated heterocycles. The van der Waals surface area contributed by atoms with Crippen LogP contribution in [0.3, 0.4) is 0 Å². The molecule has 1 aromatic heterocycles. The molecule has 0 spiro atoms. The van der Waals surface area contributed by atoms with Gasteiger partial charge in [0, 0.05) is 5.69 Å². The van der Waals surface area contributed by atoms with Crippen LogP contribution in [0.25, 0.3) is 11.0 Å². The summed E-state index contributed by atoms with van der Waals surface area (Å²) in [6.45, 7) is 0. The Kier molecular flexibility index (Phi) is 2.86. The van der Waals surface area contributed by atoms with Crippen LogP contribution in [0.5, 0.6) is 0 Å². The highest BCUT2D eigenvalue weighted by Gasteiger charge is 2.15. The molecule has 1 aromatic carbocycles. The highest BCUT2D eigenvalue weighted by atomic mass is 32.2. The van der Waals surface area contributed by atoms with Gasteiger partial charge in [-0.25, -0.2) is 13.8 Å². The number of hydrogen-bond acceptors (Lipinski definition) is 3. The SMILES string of the molecule is Nc1ccc2nc(S(=O)CC(F)F)[nH]c2c1. The third-order valence-corrected chi connectivity index (χ3v) is 3.16. The van der Waals surface area contributed by atoms with E-state index in [1.54, 1.807) is 18.2 Å². The number of anilines is 1. The van der Waals surface area contributed by atoms with Gasteiger partial charge < -0.3 is 10.7 Å². The third-order valence-electron chi connectivity index (χ3n) is 1.98. The van der Waals surface area contributed by atoms with Crippen molar-refractivity contribution < 1.29 is 13.0 Å². The Labute approximate surface area is 92.3 Å². The van der Waals surface area contributed by atoms with Gasteiger partial charge in [-0.05, 0) is 18.2 Å². The molecule has 0 radical (unpaired) electrons. The Hall–Kier alpha value is -1.50. The van der Waals surface area contributed by atoms with E-state index < -0.39 is 23.0 Å². The average Bonchev–Trinajstić information content (AvgIpc) is 2.59. The summed E-state index contributed by atoms with van der Waals surface area (Å²) >= 11 is 0. The molecule has 0 aliphatic carbocycles. The number of benzene rings is 1. The summed E-state index contributed by atoms with van der Waals surface area (Å²) < 4.78 is 35.5. The number of halogens is 2. The average molecular weight is 245 g/mol. The lowest BCUT2D eigenvalue weighted by Gasteiger charge is -1.95. The molecule has 1 heterocycles. The zero-order valence-electron chi connectivity index (χ0n) is 8.11. The molecule has 86 valence electrons. The van der Waals surface area contributed by atoms with Gasteiger partial charge in [0.1, 0.15) is 0 Å². The Morgan fingerprint density at radius 2 is 2.25 bits per heavy atom. The van der Waals surface area contributed by atoms with E-state index in [-0.39, 0.29) is 5.16 Å². The van der Waals surface area contributed by atoms with Crippen molar-refractivity contribution >= 4 is 27.5 Å². The summed E-state index contributed by atoms with van der Waals surface area (Å²) in [5.74, 6) is -0.713. The molecule has 3 N–H and O–H groups in total. The summed E-state index contributed by atoms with van der Waals surface area (Å²) in [5.41, 5.74) is 7.23. The van der Waals surface area contributed by atoms with Crippen LogP contribution in [-0.2, 0) is 10.8 Å². The molecule has 1 unspecified atom stereocenters. The summed E-state index contributed by atoms with van der Waals surface area (Å²) in [4.78, 5) is 6.68. The van der Waals surface area contributed by atoms with Crippen molar-refractivity contribution in [2.24, 2.45) is 0 Å².